The number of thiophene rings is 1. The van der Waals surface area contributed by atoms with E-state index >= 15 is 0 Å². The number of carbonyl (C=O) groups excluding carboxylic acids is 3. The number of rotatable bonds is 8. The van der Waals surface area contributed by atoms with Gasteiger partial charge < -0.3 is 15.4 Å². The van der Waals surface area contributed by atoms with E-state index in [0.717, 1.165) is 0 Å². The van der Waals surface area contributed by atoms with Crippen LogP contribution < -0.4 is 10.6 Å². The second-order valence-electron chi connectivity index (χ2n) is 5.00. The number of benzene rings is 1. The van der Waals surface area contributed by atoms with Crippen molar-refractivity contribution in [3.05, 3.63) is 56.8 Å². The summed E-state index contributed by atoms with van der Waals surface area (Å²) in [6, 6.07) is 7.28. The van der Waals surface area contributed by atoms with Crippen LogP contribution in [0.5, 0.6) is 0 Å². The van der Waals surface area contributed by atoms with Crippen molar-refractivity contribution in [1.29, 1.82) is 0 Å². The summed E-state index contributed by atoms with van der Waals surface area (Å²) in [4.78, 5) is 45.2. The third-order valence-electron chi connectivity index (χ3n) is 3.14. The summed E-state index contributed by atoms with van der Waals surface area (Å²) in [6.07, 6.45) is -0.103. The van der Waals surface area contributed by atoms with Crippen LogP contribution in [0.4, 0.5) is 11.4 Å². The fourth-order valence-electron chi connectivity index (χ4n) is 1.92. The van der Waals surface area contributed by atoms with Gasteiger partial charge in [0.05, 0.1) is 11.3 Å². The van der Waals surface area contributed by atoms with E-state index in [0.29, 0.717) is 5.56 Å². The van der Waals surface area contributed by atoms with Gasteiger partial charge in [-0.1, -0.05) is 12.1 Å². The molecule has 1 aromatic carbocycles. The standard InChI is InChI=1S/C16H15N3O6S/c20-14(18-12-3-1-2-4-13(12)19(23)24)9-25-15(21)5-7-17-16(22)11-6-8-26-10-11/h1-4,6,8,10H,5,7,9H2,(H,17,22)(H,18,20). The highest BCUT2D eigenvalue weighted by Gasteiger charge is 2.16. The summed E-state index contributed by atoms with van der Waals surface area (Å²) in [7, 11) is 0. The van der Waals surface area contributed by atoms with Crippen LogP contribution in [0.15, 0.2) is 41.1 Å². The number of nitro groups is 1. The molecule has 0 fully saturated rings. The molecule has 2 amide bonds. The molecule has 0 radical (unpaired) electrons. The Balaban J connectivity index is 1.71. The van der Waals surface area contributed by atoms with E-state index in [9.17, 15) is 24.5 Å². The Morgan fingerprint density at radius 2 is 1.96 bits per heavy atom. The smallest absolute Gasteiger partial charge is 0.308 e. The van der Waals surface area contributed by atoms with Crippen LogP contribution in [-0.4, -0.2) is 35.9 Å². The van der Waals surface area contributed by atoms with Crippen LogP contribution in [0.2, 0.25) is 0 Å². The summed E-state index contributed by atoms with van der Waals surface area (Å²) in [5.74, 6) is -1.67. The molecule has 0 atom stereocenters. The van der Waals surface area contributed by atoms with Gasteiger partial charge in [-0.2, -0.15) is 11.3 Å². The molecule has 0 aliphatic rings. The van der Waals surface area contributed by atoms with E-state index < -0.39 is 23.4 Å². The molecule has 0 bridgehead atoms. The van der Waals surface area contributed by atoms with Gasteiger partial charge in [0.25, 0.3) is 17.5 Å². The quantitative estimate of drug-likeness (QED) is 0.411. The van der Waals surface area contributed by atoms with Crippen LogP contribution in [0.1, 0.15) is 16.8 Å². The molecule has 136 valence electrons. The fourth-order valence-corrected chi connectivity index (χ4v) is 2.55. The number of carbonyl (C=O) groups is 3. The molecule has 2 aromatic rings. The molecule has 0 aliphatic heterocycles. The largest absolute Gasteiger partial charge is 0.456 e. The van der Waals surface area contributed by atoms with Gasteiger partial charge in [-0.15, -0.1) is 0 Å². The van der Waals surface area contributed by atoms with Gasteiger partial charge in [-0.25, -0.2) is 0 Å². The van der Waals surface area contributed by atoms with Crippen LogP contribution in [-0.2, 0) is 14.3 Å². The van der Waals surface area contributed by atoms with E-state index in [1.54, 1.807) is 16.8 Å². The predicted molar refractivity (Wildman–Crippen MR) is 94.0 cm³/mol. The molecule has 2 rings (SSSR count). The summed E-state index contributed by atoms with van der Waals surface area (Å²) >= 11 is 1.38. The first kappa shape index (κ1) is 19.1. The lowest BCUT2D eigenvalue weighted by Crippen LogP contribution is -2.27. The zero-order chi connectivity index (χ0) is 18.9. The minimum Gasteiger partial charge on any atom is -0.456 e. The Bertz CT molecular complexity index is 806. The van der Waals surface area contributed by atoms with Crippen molar-refractivity contribution in [2.45, 2.75) is 6.42 Å². The molecule has 1 heterocycles. The van der Waals surface area contributed by atoms with E-state index in [1.165, 1.54) is 35.6 Å². The first-order valence-corrected chi connectivity index (χ1v) is 8.41. The summed E-state index contributed by atoms with van der Waals surface area (Å²) in [5.41, 5.74) is 0.261. The number of hydrogen-bond donors (Lipinski definition) is 2. The zero-order valence-electron chi connectivity index (χ0n) is 13.5. The number of nitro benzene ring substituents is 1. The van der Waals surface area contributed by atoms with E-state index in [1.807, 2.05) is 0 Å². The number of esters is 1. The summed E-state index contributed by atoms with van der Waals surface area (Å²) < 4.78 is 4.78. The number of amides is 2. The van der Waals surface area contributed by atoms with Crippen LogP contribution in [0.25, 0.3) is 0 Å². The molecule has 0 aliphatic carbocycles. The van der Waals surface area contributed by atoms with Gasteiger partial charge in [-0.05, 0) is 17.5 Å². The second-order valence-corrected chi connectivity index (χ2v) is 5.78. The summed E-state index contributed by atoms with van der Waals surface area (Å²) in [6.45, 7) is -0.511. The lowest BCUT2D eigenvalue weighted by molar-refractivity contribution is -0.383. The van der Waals surface area contributed by atoms with Crippen LogP contribution in [0, 0.1) is 10.1 Å². The number of anilines is 1. The highest BCUT2D eigenvalue weighted by molar-refractivity contribution is 7.08. The van der Waals surface area contributed by atoms with Gasteiger partial charge in [0, 0.05) is 23.6 Å². The van der Waals surface area contributed by atoms with Crippen molar-refractivity contribution < 1.29 is 24.0 Å². The Morgan fingerprint density at radius 1 is 1.19 bits per heavy atom. The zero-order valence-corrected chi connectivity index (χ0v) is 14.3. The first-order valence-electron chi connectivity index (χ1n) is 7.46. The minimum atomic E-state index is -0.699. The van der Waals surface area contributed by atoms with Crippen molar-refractivity contribution in [2.75, 3.05) is 18.5 Å². The van der Waals surface area contributed by atoms with Gasteiger partial charge in [0.15, 0.2) is 6.61 Å². The van der Waals surface area contributed by atoms with Gasteiger partial charge in [-0.3, -0.25) is 24.5 Å². The number of nitrogens with one attached hydrogen (secondary N) is 2. The van der Waals surface area contributed by atoms with E-state index in [4.69, 9.17) is 4.74 Å². The SMILES string of the molecule is O=C(COC(=O)CCNC(=O)c1ccsc1)Nc1ccccc1[N+](=O)[O-]. The topological polar surface area (TPSA) is 128 Å². The minimum absolute atomic E-state index is 0.0153. The van der Waals surface area contributed by atoms with Crippen molar-refractivity contribution in [2.24, 2.45) is 0 Å². The van der Waals surface area contributed by atoms with Gasteiger partial charge in [0.1, 0.15) is 5.69 Å². The molecule has 9 nitrogen and oxygen atoms in total. The Hall–Kier alpha value is -3.27. The van der Waals surface area contributed by atoms with Crippen LogP contribution >= 0.6 is 11.3 Å². The average molecular weight is 377 g/mol. The van der Waals surface area contributed by atoms with Crippen molar-refractivity contribution in [3.8, 4) is 0 Å². The maximum absolute atomic E-state index is 11.7. The van der Waals surface area contributed by atoms with E-state index in [-0.39, 0.29) is 30.2 Å². The molecule has 0 saturated heterocycles. The highest BCUT2D eigenvalue weighted by Crippen LogP contribution is 2.22. The number of hydrogen-bond acceptors (Lipinski definition) is 7. The molecule has 10 heteroatoms. The third kappa shape index (κ3) is 5.67. The molecular weight excluding hydrogens is 362 g/mol. The molecular formula is C16H15N3O6S. The molecule has 26 heavy (non-hydrogen) atoms. The maximum atomic E-state index is 11.7. The Morgan fingerprint density at radius 3 is 2.65 bits per heavy atom. The number of ether oxygens (including phenoxy) is 1. The normalized spacial score (nSPS) is 10.0. The second kappa shape index (κ2) is 9.28. The molecule has 1 aromatic heterocycles. The van der Waals surface area contributed by atoms with Crippen molar-refractivity contribution >= 4 is 40.5 Å². The Kier molecular flexibility index (Phi) is 6.80. The fraction of sp³-hybridized carbons (Fsp3) is 0.188. The lowest BCUT2D eigenvalue weighted by Gasteiger charge is -2.07. The first-order chi connectivity index (χ1) is 12.5. The molecule has 0 spiro atoms. The monoisotopic (exact) mass is 377 g/mol. The summed E-state index contributed by atoms with van der Waals surface area (Å²) in [5, 5.41) is 19.2. The lowest BCUT2D eigenvalue weighted by atomic mass is 10.2. The highest BCUT2D eigenvalue weighted by atomic mass is 32.1. The van der Waals surface area contributed by atoms with Crippen LogP contribution in [0.3, 0.4) is 0 Å². The van der Waals surface area contributed by atoms with Gasteiger partial charge in [0.2, 0.25) is 0 Å². The van der Waals surface area contributed by atoms with Gasteiger partial charge >= 0.3 is 5.97 Å². The third-order valence-corrected chi connectivity index (χ3v) is 3.82. The Labute approximate surface area is 152 Å². The molecule has 0 saturated carbocycles. The average Bonchev–Trinajstić information content (AvgIpc) is 3.15. The maximum Gasteiger partial charge on any atom is 0.308 e. The molecule has 0 unspecified atom stereocenters. The van der Waals surface area contributed by atoms with E-state index in [2.05, 4.69) is 10.6 Å². The number of nitrogens with zero attached hydrogens (tertiary/aromatic N) is 1. The predicted octanol–water partition coefficient (Wildman–Crippen LogP) is 1.96. The van der Waals surface area contributed by atoms with Crippen molar-refractivity contribution in [1.82, 2.24) is 5.32 Å². The molecule has 2 N–H and O–H groups in total. The van der Waals surface area contributed by atoms with Crippen molar-refractivity contribution in [3.63, 3.8) is 0 Å². The number of para-hydroxylation sites is 2.